The predicted octanol–water partition coefficient (Wildman–Crippen LogP) is 5.05. The molecule has 0 unspecified atom stereocenters. The van der Waals surface area contributed by atoms with E-state index in [1.807, 2.05) is 12.1 Å². The van der Waals surface area contributed by atoms with Crippen LogP contribution < -0.4 is 0 Å². The molecule has 3 heteroatoms. The number of hydrogen-bond donors (Lipinski definition) is 0. The maximum atomic E-state index is 13.6. The number of unbranched alkanes of at least 4 members (excludes halogenated alkanes) is 2. The summed E-state index contributed by atoms with van der Waals surface area (Å²) in [6.07, 6.45) is 3.06. The van der Waals surface area contributed by atoms with E-state index in [2.05, 4.69) is 18.8 Å². The van der Waals surface area contributed by atoms with E-state index >= 15 is 0 Å². The van der Waals surface area contributed by atoms with Gasteiger partial charge in [-0.15, -0.1) is 0 Å². The van der Waals surface area contributed by atoms with E-state index in [0.29, 0.717) is 11.1 Å². The van der Waals surface area contributed by atoms with Gasteiger partial charge in [0.25, 0.3) is 0 Å². The SMILES string of the molecule is CCCCC#Cc1ccc(-c2cc(F)c(C#N)c(F)c2)cc1. The van der Waals surface area contributed by atoms with Crippen LogP contribution in [0.15, 0.2) is 36.4 Å². The molecule has 0 heterocycles. The molecule has 0 aromatic heterocycles. The van der Waals surface area contributed by atoms with Gasteiger partial charge >= 0.3 is 0 Å². The Kier molecular flexibility index (Phi) is 5.28. The zero-order valence-corrected chi connectivity index (χ0v) is 12.3. The van der Waals surface area contributed by atoms with E-state index in [4.69, 9.17) is 5.26 Å². The Morgan fingerprint density at radius 1 is 1.00 bits per heavy atom. The van der Waals surface area contributed by atoms with Crippen LogP contribution in [-0.4, -0.2) is 0 Å². The van der Waals surface area contributed by atoms with Crippen LogP contribution in [0.3, 0.4) is 0 Å². The molecule has 0 bridgehead atoms. The Balaban J connectivity index is 2.24. The van der Waals surface area contributed by atoms with Gasteiger partial charge in [0.05, 0.1) is 0 Å². The van der Waals surface area contributed by atoms with Gasteiger partial charge in [0.15, 0.2) is 0 Å². The fourth-order valence-corrected chi connectivity index (χ4v) is 2.02. The van der Waals surface area contributed by atoms with Crippen molar-refractivity contribution in [3.05, 3.63) is 59.2 Å². The molecule has 22 heavy (non-hydrogen) atoms. The number of rotatable bonds is 3. The highest BCUT2D eigenvalue weighted by Crippen LogP contribution is 2.24. The topological polar surface area (TPSA) is 23.8 Å². The van der Waals surface area contributed by atoms with Crippen LogP contribution in [0.4, 0.5) is 8.78 Å². The second kappa shape index (κ2) is 7.38. The standard InChI is InChI=1S/C19H15F2N/c1-2-3-4-5-6-14-7-9-15(10-8-14)16-11-18(20)17(13-22)19(21)12-16/h7-12H,2-4H2,1H3. The van der Waals surface area contributed by atoms with Crippen LogP contribution in [0.1, 0.15) is 37.3 Å². The Morgan fingerprint density at radius 2 is 1.64 bits per heavy atom. The fraction of sp³-hybridized carbons (Fsp3) is 0.211. The number of benzene rings is 2. The fourth-order valence-electron chi connectivity index (χ4n) is 2.02. The van der Waals surface area contributed by atoms with Gasteiger partial charge in [-0.3, -0.25) is 0 Å². The quantitative estimate of drug-likeness (QED) is 0.574. The van der Waals surface area contributed by atoms with E-state index < -0.39 is 17.2 Å². The van der Waals surface area contributed by atoms with Gasteiger partial charge in [-0.1, -0.05) is 37.3 Å². The summed E-state index contributed by atoms with van der Waals surface area (Å²) in [5.74, 6) is 4.45. The van der Waals surface area contributed by atoms with E-state index in [9.17, 15) is 8.78 Å². The predicted molar refractivity (Wildman–Crippen MR) is 82.9 cm³/mol. The lowest BCUT2D eigenvalue weighted by molar-refractivity contribution is 0.577. The van der Waals surface area contributed by atoms with E-state index in [0.717, 1.165) is 24.8 Å². The summed E-state index contributed by atoms with van der Waals surface area (Å²) in [7, 11) is 0. The molecule has 1 nitrogen and oxygen atoms in total. The van der Waals surface area contributed by atoms with E-state index in [1.165, 1.54) is 18.2 Å². The molecule has 0 aliphatic heterocycles. The first-order valence-corrected chi connectivity index (χ1v) is 7.14. The Labute approximate surface area is 129 Å². The van der Waals surface area contributed by atoms with Crippen LogP contribution in [0, 0.1) is 34.8 Å². The van der Waals surface area contributed by atoms with Gasteiger partial charge in [0.1, 0.15) is 23.3 Å². The van der Waals surface area contributed by atoms with Crippen molar-refractivity contribution < 1.29 is 8.78 Å². The molecule has 2 aromatic carbocycles. The summed E-state index contributed by atoms with van der Waals surface area (Å²) < 4.78 is 27.3. The van der Waals surface area contributed by atoms with Crippen molar-refractivity contribution in [1.29, 1.82) is 5.26 Å². The highest BCUT2D eigenvalue weighted by Gasteiger charge is 2.11. The molecule has 0 amide bonds. The molecule has 0 spiro atoms. The molecular formula is C19H15F2N. The van der Waals surface area contributed by atoms with Gasteiger partial charge in [0.2, 0.25) is 0 Å². The van der Waals surface area contributed by atoms with Crippen LogP contribution in [0.5, 0.6) is 0 Å². The molecule has 2 aromatic rings. The van der Waals surface area contributed by atoms with Crippen molar-refractivity contribution in [3.63, 3.8) is 0 Å². The number of halogens is 2. The lowest BCUT2D eigenvalue weighted by Gasteiger charge is -2.04. The number of nitrogens with zero attached hydrogens (tertiary/aromatic N) is 1. The second-order valence-electron chi connectivity index (χ2n) is 4.91. The number of hydrogen-bond acceptors (Lipinski definition) is 1. The normalized spacial score (nSPS) is 9.73. The zero-order chi connectivity index (χ0) is 15.9. The van der Waals surface area contributed by atoms with Gasteiger partial charge in [-0.2, -0.15) is 5.26 Å². The first-order valence-electron chi connectivity index (χ1n) is 7.14. The minimum absolute atomic E-state index is 0.402. The maximum Gasteiger partial charge on any atom is 0.144 e. The highest BCUT2D eigenvalue weighted by atomic mass is 19.1. The molecule has 2 rings (SSSR count). The summed E-state index contributed by atoms with van der Waals surface area (Å²) in [6, 6.07) is 11.0. The minimum atomic E-state index is -0.846. The van der Waals surface area contributed by atoms with Gasteiger partial charge in [-0.05, 0) is 41.8 Å². The van der Waals surface area contributed by atoms with Crippen molar-refractivity contribution in [3.8, 4) is 29.0 Å². The summed E-state index contributed by atoms with van der Waals surface area (Å²) >= 11 is 0. The zero-order valence-electron chi connectivity index (χ0n) is 12.3. The van der Waals surface area contributed by atoms with E-state index in [-0.39, 0.29) is 0 Å². The lowest BCUT2D eigenvalue weighted by atomic mass is 10.0. The molecule has 0 fully saturated rings. The molecule has 0 radical (unpaired) electrons. The summed E-state index contributed by atoms with van der Waals surface area (Å²) in [6.45, 7) is 2.12. The summed E-state index contributed by atoms with van der Waals surface area (Å²) in [5.41, 5.74) is 1.40. The molecule has 0 aliphatic carbocycles. The molecule has 0 saturated heterocycles. The molecule has 0 atom stereocenters. The second-order valence-corrected chi connectivity index (χ2v) is 4.91. The van der Waals surface area contributed by atoms with Crippen molar-refractivity contribution in [2.45, 2.75) is 26.2 Å². The molecule has 0 aliphatic rings. The molecule has 0 N–H and O–H groups in total. The molecule has 110 valence electrons. The lowest BCUT2D eigenvalue weighted by Crippen LogP contribution is -1.92. The van der Waals surface area contributed by atoms with Crippen molar-refractivity contribution in [1.82, 2.24) is 0 Å². The van der Waals surface area contributed by atoms with Gasteiger partial charge in [-0.25, -0.2) is 8.78 Å². The third-order valence-electron chi connectivity index (χ3n) is 3.26. The maximum absolute atomic E-state index is 13.6. The Morgan fingerprint density at radius 3 is 2.18 bits per heavy atom. The molecular weight excluding hydrogens is 280 g/mol. The van der Waals surface area contributed by atoms with E-state index in [1.54, 1.807) is 12.1 Å². The highest BCUT2D eigenvalue weighted by molar-refractivity contribution is 5.65. The Bertz CT molecular complexity index is 736. The van der Waals surface area contributed by atoms with Crippen LogP contribution >= 0.6 is 0 Å². The average molecular weight is 295 g/mol. The average Bonchev–Trinajstić information content (AvgIpc) is 2.52. The third kappa shape index (κ3) is 3.71. The van der Waals surface area contributed by atoms with Crippen LogP contribution in [-0.2, 0) is 0 Å². The summed E-state index contributed by atoms with van der Waals surface area (Å²) in [5, 5.41) is 8.67. The summed E-state index contributed by atoms with van der Waals surface area (Å²) in [4.78, 5) is 0. The van der Waals surface area contributed by atoms with Gasteiger partial charge in [0, 0.05) is 12.0 Å². The van der Waals surface area contributed by atoms with Crippen molar-refractivity contribution >= 4 is 0 Å². The van der Waals surface area contributed by atoms with Crippen LogP contribution in [0.25, 0.3) is 11.1 Å². The van der Waals surface area contributed by atoms with Crippen LogP contribution in [0.2, 0.25) is 0 Å². The largest absolute Gasteiger partial charge is 0.205 e. The third-order valence-corrected chi connectivity index (χ3v) is 3.26. The van der Waals surface area contributed by atoms with Crippen molar-refractivity contribution in [2.75, 3.05) is 0 Å². The number of nitriles is 1. The Hall–Kier alpha value is -2.65. The minimum Gasteiger partial charge on any atom is -0.205 e. The first-order chi connectivity index (χ1) is 10.7. The first kappa shape index (κ1) is 15.7. The molecule has 0 saturated carbocycles. The monoisotopic (exact) mass is 295 g/mol. The van der Waals surface area contributed by atoms with Crippen molar-refractivity contribution in [2.24, 2.45) is 0 Å². The van der Waals surface area contributed by atoms with Gasteiger partial charge < -0.3 is 0 Å². The smallest absolute Gasteiger partial charge is 0.144 e.